The molecule has 0 bridgehead atoms. The van der Waals surface area contributed by atoms with Crippen molar-refractivity contribution in [2.45, 2.75) is 103 Å². The molecule has 0 unspecified atom stereocenters. The normalized spacial score (nSPS) is 11.0. The van der Waals surface area contributed by atoms with E-state index in [0.29, 0.717) is 12.2 Å². The van der Waals surface area contributed by atoms with Gasteiger partial charge in [-0.3, -0.25) is 9.59 Å². The minimum Gasteiger partial charge on any atom is -0.508 e. The number of phenols is 1. The summed E-state index contributed by atoms with van der Waals surface area (Å²) in [5.74, 6) is -0.473. The van der Waals surface area contributed by atoms with E-state index >= 15 is 0 Å². The average molecular weight is 445 g/mol. The van der Waals surface area contributed by atoms with Crippen LogP contribution in [0.2, 0.25) is 0 Å². The van der Waals surface area contributed by atoms with Crippen LogP contribution < -0.4 is 10.6 Å². The third-order valence-corrected chi connectivity index (χ3v) is 5.48. The predicted octanol–water partition coefficient (Wildman–Crippen LogP) is 6.87. The van der Waals surface area contributed by atoms with Crippen molar-refractivity contribution < 1.29 is 14.7 Å². The van der Waals surface area contributed by atoms with Crippen LogP contribution in [0, 0.1) is 0 Å². The van der Waals surface area contributed by atoms with Crippen LogP contribution in [0.15, 0.2) is 36.4 Å². The Labute approximate surface area is 195 Å². The number of unbranched alkanes of at least 4 members (excludes halogenated alkanes) is 12. The van der Waals surface area contributed by atoms with E-state index in [1.54, 1.807) is 12.1 Å². The zero-order valence-electron chi connectivity index (χ0n) is 20.0. The van der Waals surface area contributed by atoms with Crippen molar-refractivity contribution in [1.82, 2.24) is 5.32 Å². The zero-order valence-corrected chi connectivity index (χ0v) is 20.0. The van der Waals surface area contributed by atoms with E-state index < -0.39 is 0 Å². The lowest BCUT2D eigenvalue weighted by Gasteiger charge is -2.07. The second-order valence-corrected chi connectivity index (χ2v) is 8.56. The highest BCUT2D eigenvalue weighted by atomic mass is 16.3. The molecule has 0 aromatic heterocycles. The van der Waals surface area contributed by atoms with E-state index in [9.17, 15) is 14.7 Å². The van der Waals surface area contributed by atoms with Gasteiger partial charge in [-0.25, -0.2) is 0 Å². The summed E-state index contributed by atoms with van der Waals surface area (Å²) in [6, 6.07) is 6.17. The fraction of sp³-hybridized carbons (Fsp3) is 0.630. The number of carbonyl (C=O) groups is 2. The molecular weight excluding hydrogens is 400 g/mol. The fourth-order valence-electron chi connectivity index (χ4n) is 3.56. The molecule has 1 aromatic rings. The molecule has 0 radical (unpaired) electrons. The number of benzene rings is 1. The Morgan fingerprint density at radius 1 is 0.750 bits per heavy atom. The van der Waals surface area contributed by atoms with Gasteiger partial charge in [-0.05, 0) is 56.4 Å². The van der Waals surface area contributed by atoms with Crippen LogP contribution in [0.5, 0.6) is 5.75 Å². The summed E-state index contributed by atoms with van der Waals surface area (Å²) < 4.78 is 0. The van der Waals surface area contributed by atoms with E-state index in [1.165, 1.54) is 89.2 Å². The van der Waals surface area contributed by atoms with Crippen LogP contribution in [0.25, 0.3) is 0 Å². The van der Waals surface area contributed by atoms with Crippen LogP contribution in [-0.2, 0) is 9.59 Å². The summed E-state index contributed by atoms with van der Waals surface area (Å²) in [4.78, 5) is 23.7. The van der Waals surface area contributed by atoms with Crippen molar-refractivity contribution in [3.05, 3.63) is 36.4 Å². The van der Waals surface area contributed by atoms with Gasteiger partial charge in [0.15, 0.2) is 0 Å². The van der Waals surface area contributed by atoms with E-state index in [0.717, 1.165) is 12.8 Å². The van der Waals surface area contributed by atoms with Crippen molar-refractivity contribution in [3.63, 3.8) is 0 Å². The highest BCUT2D eigenvalue weighted by Crippen LogP contribution is 2.14. The number of nitrogens with one attached hydrogen (secondary N) is 2. The largest absolute Gasteiger partial charge is 0.508 e. The molecule has 0 fully saturated rings. The first-order valence-corrected chi connectivity index (χ1v) is 12.6. The Hall–Kier alpha value is -2.30. The molecule has 180 valence electrons. The van der Waals surface area contributed by atoms with Gasteiger partial charge in [0.05, 0.1) is 0 Å². The number of hydrogen-bond donors (Lipinski definition) is 3. The van der Waals surface area contributed by atoms with Gasteiger partial charge in [-0.15, -0.1) is 0 Å². The number of phenolic OH excluding ortho intramolecular Hbond substituents is 1. The summed E-state index contributed by atoms with van der Waals surface area (Å²) in [6.45, 7) is 2.88. The van der Waals surface area contributed by atoms with Gasteiger partial charge in [-0.1, -0.05) is 76.9 Å². The molecule has 0 atom stereocenters. The van der Waals surface area contributed by atoms with E-state index in [2.05, 4.69) is 29.7 Å². The lowest BCUT2D eigenvalue weighted by atomic mass is 10.1. The van der Waals surface area contributed by atoms with Gasteiger partial charge in [0.25, 0.3) is 0 Å². The number of hydrogen-bond acceptors (Lipinski definition) is 3. The summed E-state index contributed by atoms with van der Waals surface area (Å²) in [7, 11) is 0. The summed E-state index contributed by atoms with van der Waals surface area (Å²) in [5, 5.41) is 14.7. The number of aromatic hydroxyl groups is 1. The molecule has 2 amide bonds. The summed E-state index contributed by atoms with van der Waals surface area (Å²) in [5.41, 5.74) is 0.564. The first-order valence-electron chi connectivity index (χ1n) is 12.6. The second kappa shape index (κ2) is 19.4. The molecule has 5 heteroatoms. The maximum absolute atomic E-state index is 11.9. The van der Waals surface area contributed by atoms with Gasteiger partial charge in [0.2, 0.25) is 11.8 Å². The maximum atomic E-state index is 11.9. The zero-order chi connectivity index (χ0) is 23.3. The fourth-order valence-corrected chi connectivity index (χ4v) is 3.56. The molecule has 0 saturated carbocycles. The van der Waals surface area contributed by atoms with Crippen molar-refractivity contribution >= 4 is 17.5 Å². The van der Waals surface area contributed by atoms with Crippen molar-refractivity contribution in [1.29, 1.82) is 0 Å². The van der Waals surface area contributed by atoms with E-state index in [1.807, 2.05) is 0 Å². The highest BCUT2D eigenvalue weighted by molar-refractivity contribution is 6.03. The van der Waals surface area contributed by atoms with E-state index in [4.69, 9.17) is 0 Å². The monoisotopic (exact) mass is 444 g/mol. The van der Waals surface area contributed by atoms with Crippen LogP contribution >= 0.6 is 0 Å². The van der Waals surface area contributed by atoms with Crippen LogP contribution in [0.3, 0.4) is 0 Å². The van der Waals surface area contributed by atoms with E-state index in [-0.39, 0.29) is 24.0 Å². The van der Waals surface area contributed by atoms with Gasteiger partial charge in [-0.2, -0.15) is 0 Å². The number of anilines is 1. The molecular formula is C27H44N2O3. The molecule has 0 spiro atoms. The Morgan fingerprint density at radius 2 is 1.28 bits per heavy atom. The number of carbonyl (C=O) groups excluding carboxylic acids is 2. The minimum absolute atomic E-state index is 0.136. The first-order chi connectivity index (χ1) is 15.6. The first kappa shape index (κ1) is 27.7. The standard InChI is InChI=1S/C27H44N2O3/c1-2-3-4-5-6-7-8-9-10-11-12-13-14-15-16-17-22-28-26(31)23-27(32)29-24-18-20-25(30)21-19-24/h9-10,18-21,30H,2-8,11-17,22-23H2,1H3,(H,28,31)(H,29,32)/b10-9-. The lowest BCUT2D eigenvalue weighted by Crippen LogP contribution is -2.28. The topological polar surface area (TPSA) is 78.4 Å². The second-order valence-electron chi connectivity index (χ2n) is 8.56. The van der Waals surface area contributed by atoms with Gasteiger partial charge in [0, 0.05) is 12.2 Å². The molecule has 3 N–H and O–H groups in total. The summed E-state index contributed by atoms with van der Waals surface area (Å²) in [6.07, 6.45) is 22.2. The highest BCUT2D eigenvalue weighted by Gasteiger charge is 2.09. The van der Waals surface area contributed by atoms with Crippen molar-refractivity contribution in [2.75, 3.05) is 11.9 Å². The SMILES string of the molecule is CCCCCCCC/C=C\CCCCCCCCNC(=O)CC(=O)Nc1ccc(O)cc1. The van der Waals surface area contributed by atoms with Gasteiger partial charge < -0.3 is 15.7 Å². The molecule has 32 heavy (non-hydrogen) atoms. The Bertz CT molecular complexity index is 641. The predicted molar refractivity (Wildman–Crippen MR) is 134 cm³/mol. The molecule has 0 saturated heterocycles. The van der Waals surface area contributed by atoms with Crippen LogP contribution in [-0.4, -0.2) is 23.5 Å². The molecule has 0 aliphatic rings. The molecule has 1 rings (SSSR count). The van der Waals surface area contributed by atoms with Crippen molar-refractivity contribution in [3.8, 4) is 5.75 Å². The third-order valence-electron chi connectivity index (χ3n) is 5.48. The Kier molecular flexibility index (Phi) is 16.8. The number of rotatable bonds is 19. The number of allylic oxidation sites excluding steroid dienone is 2. The van der Waals surface area contributed by atoms with Crippen LogP contribution in [0.1, 0.15) is 103 Å². The Balaban J connectivity index is 1.87. The smallest absolute Gasteiger partial charge is 0.233 e. The lowest BCUT2D eigenvalue weighted by molar-refractivity contribution is -0.126. The molecule has 5 nitrogen and oxygen atoms in total. The average Bonchev–Trinajstić information content (AvgIpc) is 2.77. The molecule has 0 aliphatic heterocycles. The quantitative estimate of drug-likeness (QED) is 0.0942. The van der Waals surface area contributed by atoms with Crippen LogP contribution in [0.4, 0.5) is 5.69 Å². The van der Waals surface area contributed by atoms with Gasteiger partial charge in [0.1, 0.15) is 12.2 Å². The van der Waals surface area contributed by atoms with Gasteiger partial charge >= 0.3 is 0 Å². The Morgan fingerprint density at radius 3 is 1.88 bits per heavy atom. The molecule has 0 heterocycles. The minimum atomic E-state index is -0.353. The third kappa shape index (κ3) is 16.4. The molecule has 0 aliphatic carbocycles. The summed E-state index contributed by atoms with van der Waals surface area (Å²) >= 11 is 0. The van der Waals surface area contributed by atoms with Crippen molar-refractivity contribution in [2.24, 2.45) is 0 Å². The maximum Gasteiger partial charge on any atom is 0.233 e. The number of amides is 2. The molecule has 1 aromatic carbocycles.